The third-order valence-corrected chi connectivity index (χ3v) is 6.11. The van der Waals surface area contributed by atoms with Crippen LogP contribution in [-0.4, -0.2) is 0 Å². The Morgan fingerprint density at radius 3 is 2.59 bits per heavy atom. The second-order valence-corrected chi connectivity index (χ2v) is 7.57. The highest BCUT2D eigenvalue weighted by Crippen LogP contribution is 2.64. The first-order chi connectivity index (χ1) is 8.04. The minimum absolute atomic E-state index is 0.551. The maximum absolute atomic E-state index is 2.64. The van der Waals surface area contributed by atoms with Crippen LogP contribution in [0.15, 0.2) is 11.6 Å². The lowest BCUT2D eigenvalue weighted by atomic mass is 9.69. The van der Waals surface area contributed by atoms with Crippen molar-refractivity contribution in [2.45, 2.75) is 59.8 Å². The van der Waals surface area contributed by atoms with E-state index < -0.39 is 0 Å². The van der Waals surface area contributed by atoms with Gasteiger partial charge < -0.3 is 0 Å². The highest BCUT2D eigenvalue weighted by atomic mass is 14.6. The molecule has 0 radical (unpaired) electrons. The van der Waals surface area contributed by atoms with Gasteiger partial charge in [0.2, 0.25) is 0 Å². The van der Waals surface area contributed by atoms with Crippen molar-refractivity contribution in [1.29, 1.82) is 0 Å². The molecule has 0 saturated heterocycles. The van der Waals surface area contributed by atoms with E-state index in [9.17, 15) is 0 Å². The molecule has 3 aliphatic carbocycles. The van der Waals surface area contributed by atoms with Gasteiger partial charge in [-0.25, -0.2) is 0 Å². The largest absolute Gasteiger partial charge is 0.0847 e. The summed E-state index contributed by atoms with van der Waals surface area (Å²) in [6, 6.07) is 0. The summed E-state index contributed by atoms with van der Waals surface area (Å²) in [6.45, 7) is 9.84. The van der Waals surface area contributed by atoms with Gasteiger partial charge in [-0.05, 0) is 60.7 Å². The summed E-state index contributed by atoms with van der Waals surface area (Å²) in [4.78, 5) is 0. The molecular weight excluding hydrogens is 204 g/mol. The molecule has 0 bridgehead atoms. The summed E-state index contributed by atoms with van der Waals surface area (Å²) < 4.78 is 0. The lowest BCUT2D eigenvalue weighted by molar-refractivity contribution is 0.165. The Labute approximate surface area is 107 Å². The average Bonchev–Trinajstić information content (AvgIpc) is 3.19. The zero-order valence-corrected chi connectivity index (χ0v) is 12.0. The van der Waals surface area contributed by atoms with Crippen LogP contribution in [0, 0.1) is 35.0 Å². The minimum Gasteiger partial charge on any atom is -0.0847 e. The van der Waals surface area contributed by atoms with E-state index in [1.54, 1.807) is 0 Å². The van der Waals surface area contributed by atoms with Crippen LogP contribution >= 0.6 is 0 Å². The summed E-state index contributed by atoms with van der Waals surface area (Å²) in [5.41, 5.74) is 2.41. The van der Waals surface area contributed by atoms with Gasteiger partial charge in [-0.1, -0.05) is 45.8 Å². The van der Waals surface area contributed by atoms with Crippen LogP contribution in [0.5, 0.6) is 0 Å². The standard InChI is InChI=1S/C17H28/c1-5-17(3,4)14-9-8-13(10-12-6-7-12)15-11(2)16(14)15/h8,11-12,14-16H,5-7,9-10H2,1-4H3/t11?,14?,15?,16-/m1/s1. The number of hydrogen-bond acceptors (Lipinski definition) is 0. The summed E-state index contributed by atoms with van der Waals surface area (Å²) in [6.07, 6.45) is 9.81. The van der Waals surface area contributed by atoms with Gasteiger partial charge in [0, 0.05) is 0 Å². The normalized spacial score (nSPS) is 40.8. The number of allylic oxidation sites excluding steroid dienone is 2. The smallest absolute Gasteiger partial charge is 0.0140 e. The average molecular weight is 232 g/mol. The summed E-state index contributed by atoms with van der Waals surface area (Å²) in [5.74, 6) is 5.03. The van der Waals surface area contributed by atoms with Crippen molar-refractivity contribution in [2.24, 2.45) is 35.0 Å². The van der Waals surface area contributed by atoms with Crippen LogP contribution in [0.1, 0.15) is 59.8 Å². The van der Waals surface area contributed by atoms with Gasteiger partial charge in [0.15, 0.2) is 0 Å². The summed E-state index contributed by atoms with van der Waals surface area (Å²) in [7, 11) is 0. The molecule has 3 rings (SSSR count). The Hall–Kier alpha value is -0.260. The van der Waals surface area contributed by atoms with Crippen molar-refractivity contribution in [2.75, 3.05) is 0 Å². The minimum atomic E-state index is 0.551. The fraction of sp³-hybridized carbons (Fsp3) is 0.882. The van der Waals surface area contributed by atoms with Gasteiger partial charge in [-0.15, -0.1) is 0 Å². The molecule has 3 aliphatic rings. The molecule has 4 atom stereocenters. The van der Waals surface area contributed by atoms with Crippen molar-refractivity contribution in [1.82, 2.24) is 0 Å². The molecule has 0 aromatic rings. The zero-order valence-electron chi connectivity index (χ0n) is 12.0. The molecule has 0 heteroatoms. The van der Waals surface area contributed by atoms with Crippen molar-refractivity contribution in [3.05, 3.63) is 11.6 Å². The van der Waals surface area contributed by atoms with Crippen molar-refractivity contribution < 1.29 is 0 Å². The predicted molar refractivity (Wildman–Crippen MR) is 73.7 cm³/mol. The molecule has 17 heavy (non-hydrogen) atoms. The van der Waals surface area contributed by atoms with Crippen LogP contribution in [0.4, 0.5) is 0 Å². The molecule has 0 spiro atoms. The first kappa shape index (κ1) is 11.8. The molecular formula is C17H28. The van der Waals surface area contributed by atoms with Crippen LogP contribution < -0.4 is 0 Å². The first-order valence-corrected chi connectivity index (χ1v) is 7.73. The molecule has 0 aromatic heterocycles. The van der Waals surface area contributed by atoms with Gasteiger partial charge in [0.1, 0.15) is 0 Å². The molecule has 0 heterocycles. The lowest BCUT2D eigenvalue weighted by Gasteiger charge is -2.36. The number of fused-ring (bicyclic) bond motifs is 1. The Balaban J connectivity index is 1.74. The topological polar surface area (TPSA) is 0 Å². The third kappa shape index (κ3) is 1.98. The van der Waals surface area contributed by atoms with Crippen molar-refractivity contribution >= 4 is 0 Å². The van der Waals surface area contributed by atoms with Crippen molar-refractivity contribution in [3.63, 3.8) is 0 Å². The van der Waals surface area contributed by atoms with Gasteiger partial charge in [-0.3, -0.25) is 0 Å². The maximum Gasteiger partial charge on any atom is -0.0140 e. The second kappa shape index (κ2) is 3.87. The summed E-state index contributed by atoms with van der Waals surface area (Å²) in [5, 5.41) is 0. The monoisotopic (exact) mass is 232 g/mol. The van der Waals surface area contributed by atoms with E-state index >= 15 is 0 Å². The molecule has 3 unspecified atom stereocenters. The predicted octanol–water partition coefficient (Wildman–Crippen LogP) is 5.05. The first-order valence-electron chi connectivity index (χ1n) is 7.73. The van der Waals surface area contributed by atoms with E-state index in [-0.39, 0.29) is 0 Å². The molecule has 0 nitrogen and oxygen atoms in total. The number of hydrogen-bond donors (Lipinski definition) is 0. The second-order valence-electron chi connectivity index (χ2n) is 7.57. The SMILES string of the molecule is CCC(C)(C)C1CC=C(CC2CC2)C2C(C)[C@@H]21. The van der Waals surface area contributed by atoms with Crippen LogP contribution in [0.25, 0.3) is 0 Å². The van der Waals surface area contributed by atoms with E-state index in [1.165, 1.54) is 32.1 Å². The Kier molecular flexibility index (Phi) is 2.69. The van der Waals surface area contributed by atoms with Gasteiger partial charge in [-0.2, -0.15) is 0 Å². The zero-order chi connectivity index (χ0) is 12.2. The van der Waals surface area contributed by atoms with Gasteiger partial charge >= 0.3 is 0 Å². The molecule has 0 aliphatic heterocycles. The van der Waals surface area contributed by atoms with Gasteiger partial charge in [0.05, 0.1) is 0 Å². The Morgan fingerprint density at radius 2 is 2.00 bits per heavy atom. The highest BCUT2D eigenvalue weighted by molar-refractivity contribution is 5.26. The number of rotatable bonds is 4. The quantitative estimate of drug-likeness (QED) is 0.595. The van der Waals surface area contributed by atoms with E-state index in [0.717, 1.165) is 29.6 Å². The van der Waals surface area contributed by atoms with E-state index in [2.05, 4.69) is 33.8 Å². The molecule has 0 amide bonds. The third-order valence-electron chi connectivity index (χ3n) is 6.11. The Morgan fingerprint density at radius 1 is 1.29 bits per heavy atom. The Bertz CT molecular complexity index is 332. The fourth-order valence-electron chi connectivity index (χ4n) is 4.24. The fourth-order valence-corrected chi connectivity index (χ4v) is 4.24. The summed E-state index contributed by atoms with van der Waals surface area (Å²) >= 11 is 0. The van der Waals surface area contributed by atoms with Crippen molar-refractivity contribution in [3.8, 4) is 0 Å². The van der Waals surface area contributed by atoms with Crippen LogP contribution in [0.3, 0.4) is 0 Å². The molecule has 0 N–H and O–H groups in total. The molecule has 0 aromatic carbocycles. The van der Waals surface area contributed by atoms with Crippen LogP contribution in [0.2, 0.25) is 0 Å². The van der Waals surface area contributed by atoms with E-state index in [4.69, 9.17) is 0 Å². The maximum atomic E-state index is 2.64. The highest BCUT2D eigenvalue weighted by Gasteiger charge is 2.57. The van der Waals surface area contributed by atoms with E-state index in [0.29, 0.717) is 5.41 Å². The molecule has 2 saturated carbocycles. The molecule has 96 valence electrons. The van der Waals surface area contributed by atoms with Gasteiger partial charge in [0.25, 0.3) is 0 Å². The van der Waals surface area contributed by atoms with E-state index in [1.807, 2.05) is 5.57 Å². The lowest BCUT2D eigenvalue weighted by Crippen LogP contribution is -2.27. The molecule has 2 fully saturated rings. The van der Waals surface area contributed by atoms with Crippen LogP contribution in [-0.2, 0) is 0 Å².